The van der Waals surface area contributed by atoms with Crippen LogP contribution in [0.15, 0.2) is 0 Å². The Balaban J connectivity index is 4.00. The number of aliphatic hydroxyl groups is 1. The normalized spacial score (nSPS) is 11.5. The Hall–Kier alpha value is -0.0900. The van der Waals surface area contributed by atoms with Crippen molar-refractivity contribution in [3.8, 4) is 0 Å². The summed E-state index contributed by atoms with van der Waals surface area (Å²) in [5.74, 6) is 0.0497. The number of unbranched alkanes of at least 4 members (excludes halogenated alkanes) is 1. The smallest absolute Gasteiger partial charge is 0.220 e. The molecule has 90 valence electrons. The van der Waals surface area contributed by atoms with Gasteiger partial charge < -0.3 is 10.4 Å². The molecule has 0 fully saturated rings. The average Bonchev–Trinajstić information content (AvgIpc) is 2.26. The van der Waals surface area contributed by atoms with Crippen LogP contribution in [0.4, 0.5) is 0 Å². The number of rotatable bonds is 8. The summed E-state index contributed by atoms with van der Waals surface area (Å²) in [6.45, 7) is 3.99. The zero-order valence-electron chi connectivity index (χ0n) is 9.68. The lowest BCUT2D eigenvalue weighted by atomic mass is 9.93. The van der Waals surface area contributed by atoms with E-state index in [0.717, 1.165) is 31.0 Å². The molecule has 2 N–H and O–H groups in total. The van der Waals surface area contributed by atoms with E-state index in [1.807, 2.05) is 13.8 Å². The maximum absolute atomic E-state index is 11.6. The molecule has 0 aromatic carbocycles. The van der Waals surface area contributed by atoms with Crippen LogP contribution in [0, 0.1) is 0 Å². The van der Waals surface area contributed by atoms with Crippen LogP contribution in [0.2, 0.25) is 0 Å². The zero-order chi connectivity index (χ0) is 11.7. The van der Waals surface area contributed by atoms with Gasteiger partial charge in [0.05, 0.1) is 12.1 Å². The van der Waals surface area contributed by atoms with Crippen molar-refractivity contribution in [1.29, 1.82) is 0 Å². The van der Waals surface area contributed by atoms with Gasteiger partial charge in [-0.05, 0) is 25.7 Å². The molecule has 0 atom stereocenters. The van der Waals surface area contributed by atoms with E-state index in [9.17, 15) is 9.90 Å². The Morgan fingerprint density at radius 3 is 2.33 bits per heavy atom. The van der Waals surface area contributed by atoms with E-state index in [1.165, 1.54) is 0 Å². The fourth-order valence-corrected chi connectivity index (χ4v) is 1.82. The van der Waals surface area contributed by atoms with Gasteiger partial charge in [-0.1, -0.05) is 29.8 Å². The lowest BCUT2D eigenvalue weighted by Crippen LogP contribution is -2.50. The molecular formula is C11H22BrNO2. The summed E-state index contributed by atoms with van der Waals surface area (Å²) in [6, 6.07) is 0. The summed E-state index contributed by atoms with van der Waals surface area (Å²) < 4.78 is 0. The molecule has 0 aliphatic heterocycles. The van der Waals surface area contributed by atoms with Crippen LogP contribution in [0.25, 0.3) is 0 Å². The summed E-state index contributed by atoms with van der Waals surface area (Å²) in [5.41, 5.74) is -0.411. The summed E-state index contributed by atoms with van der Waals surface area (Å²) in [7, 11) is 0. The highest BCUT2D eigenvalue weighted by atomic mass is 79.9. The van der Waals surface area contributed by atoms with E-state index in [0.29, 0.717) is 6.42 Å². The predicted octanol–water partition coefficient (Wildman–Crippen LogP) is 2.22. The SMILES string of the molecule is CCC(CC)(CO)NC(=O)CCCCBr. The lowest BCUT2D eigenvalue weighted by molar-refractivity contribution is -0.123. The van der Waals surface area contributed by atoms with Crippen LogP contribution in [0.3, 0.4) is 0 Å². The summed E-state index contributed by atoms with van der Waals surface area (Å²) >= 11 is 3.33. The van der Waals surface area contributed by atoms with Crippen LogP contribution >= 0.6 is 15.9 Å². The van der Waals surface area contributed by atoms with Crippen molar-refractivity contribution in [2.75, 3.05) is 11.9 Å². The molecule has 0 heterocycles. The maximum atomic E-state index is 11.6. The van der Waals surface area contributed by atoms with Gasteiger partial charge in [-0.2, -0.15) is 0 Å². The van der Waals surface area contributed by atoms with Crippen molar-refractivity contribution in [2.24, 2.45) is 0 Å². The minimum Gasteiger partial charge on any atom is -0.394 e. The molecule has 0 rings (SSSR count). The molecule has 15 heavy (non-hydrogen) atoms. The number of hydrogen-bond acceptors (Lipinski definition) is 2. The number of nitrogens with one attached hydrogen (secondary N) is 1. The highest BCUT2D eigenvalue weighted by Crippen LogP contribution is 2.14. The largest absolute Gasteiger partial charge is 0.394 e. The second kappa shape index (κ2) is 8.11. The molecule has 0 saturated heterocycles. The highest BCUT2D eigenvalue weighted by Gasteiger charge is 2.26. The Kier molecular flexibility index (Phi) is 8.06. The average molecular weight is 280 g/mol. The van der Waals surface area contributed by atoms with E-state index >= 15 is 0 Å². The van der Waals surface area contributed by atoms with Gasteiger partial charge >= 0.3 is 0 Å². The minimum atomic E-state index is -0.411. The second-order valence-electron chi connectivity index (χ2n) is 3.84. The highest BCUT2D eigenvalue weighted by molar-refractivity contribution is 9.09. The van der Waals surface area contributed by atoms with Gasteiger partial charge in [0, 0.05) is 11.8 Å². The monoisotopic (exact) mass is 279 g/mol. The van der Waals surface area contributed by atoms with Crippen molar-refractivity contribution in [2.45, 2.75) is 51.5 Å². The van der Waals surface area contributed by atoms with Gasteiger partial charge in [-0.3, -0.25) is 4.79 Å². The summed E-state index contributed by atoms with van der Waals surface area (Å²) in [4.78, 5) is 11.6. The van der Waals surface area contributed by atoms with Crippen LogP contribution in [-0.2, 0) is 4.79 Å². The van der Waals surface area contributed by atoms with Crippen molar-refractivity contribution in [1.82, 2.24) is 5.32 Å². The lowest BCUT2D eigenvalue weighted by Gasteiger charge is -2.30. The molecular weight excluding hydrogens is 258 g/mol. The van der Waals surface area contributed by atoms with E-state index in [2.05, 4.69) is 21.2 Å². The Labute approximate surface area is 101 Å². The number of halogens is 1. The van der Waals surface area contributed by atoms with Crippen LogP contribution in [-0.4, -0.2) is 28.5 Å². The molecule has 0 saturated carbocycles. The second-order valence-corrected chi connectivity index (χ2v) is 4.63. The molecule has 0 aliphatic carbocycles. The summed E-state index contributed by atoms with van der Waals surface area (Å²) in [6.07, 6.45) is 3.99. The first-order valence-electron chi connectivity index (χ1n) is 5.62. The van der Waals surface area contributed by atoms with Gasteiger partial charge in [-0.25, -0.2) is 0 Å². The van der Waals surface area contributed by atoms with Gasteiger partial charge in [0.15, 0.2) is 0 Å². The van der Waals surface area contributed by atoms with E-state index in [4.69, 9.17) is 0 Å². The topological polar surface area (TPSA) is 49.3 Å². The maximum Gasteiger partial charge on any atom is 0.220 e. The number of amides is 1. The number of alkyl halides is 1. The summed E-state index contributed by atoms with van der Waals surface area (Å²) in [5, 5.41) is 13.1. The van der Waals surface area contributed by atoms with E-state index < -0.39 is 5.54 Å². The molecule has 0 aromatic heterocycles. The fourth-order valence-electron chi connectivity index (χ4n) is 1.43. The predicted molar refractivity (Wildman–Crippen MR) is 66.2 cm³/mol. The van der Waals surface area contributed by atoms with E-state index in [1.54, 1.807) is 0 Å². The van der Waals surface area contributed by atoms with Gasteiger partial charge in [0.2, 0.25) is 5.91 Å². The van der Waals surface area contributed by atoms with Gasteiger partial charge in [0.1, 0.15) is 0 Å². The van der Waals surface area contributed by atoms with Crippen molar-refractivity contribution in [3.63, 3.8) is 0 Å². The first-order valence-corrected chi connectivity index (χ1v) is 6.74. The molecule has 0 aliphatic rings. The Morgan fingerprint density at radius 1 is 1.33 bits per heavy atom. The molecule has 1 amide bonds. The minimum absolute atomic E-state index is 0.0180. The Morgan fingerprint density at radius 2 is 1.93 bits per heavy atom. The molecule has 0 spiro atoms. The first kappa shape index (κ1) is 14.9. The van der Waals surface area contributed by atoms with Crippen LogP contribution < -0.4 is 5.32 Å². The van der Waals surface area contributed by atoms with Gasteiger partial charge in [-0.15, -0.1) is 0 Å². The van der Waals surface area contributed by atoms with Crippen molar-refractivity contribution < 1.29 is 9.90 Å². The number of carbonyl (C=O) groups excluding carboxylic acids is 1. The molecule has 0 aromatic rings. The molecule has 0 radical (unpaired) electrons. The fraction of sp³-hybridized carbons (Fsp3) is 0.909. The number of aliphatic hydroxyl groups excluding tert-OH is 1. The molecule has 4 heteroatoms. The van der Waals surface area contributed by atoms with Crippen molar-refractivity contribution in [3.05, 3.63) is 0 Å². The Bertz CT molecular complexity index is 173. The van der Waals surface area contributed by atoms with Gasteiger partial charge in [0.25, 0.3) is 0 Å². The third-order valence-corrected chi connectivity index (χ3v) is 3.41. The van der Waals surface area contributed by atoms with E-state index in [-0.39, 0.29) is 12.5 Å². The zero-order valence-corrected chi connectivity index (χ0v) is 11.3. The number of carbonyl (C=O) groups is 1. The number of hydrogen-bond donors (Lipinski definition) is 2. The van der Waals surface area contributed by atoms with Crippen LogP contribution in [0.1, 0.15) is 46.0 Å². The molecule has 0 bridgehead atoms. The molecule has 3 nitrogen and oxygen atoms in total. The standard InChI is InChI=1S/C11H22BrNO2/c1-3-11(4-2,9-14)13-10(15)7-5-6-8-12/h14H,3-9H2,1-2H3,(H,13,15). The quantitative estimate of drug-likeness (QED) is 0.529. The molecule has 0 unspecified atom stereocenters. The van der Waals surface area contributed by atoms with Crippen LogP contribution in [0.5, 0.6) is 0 Å². The third-order valence-electron chi connectivity index (χ3n) is 2.85. The van der Waals surface area contributed by atoms with Crippen molar-refractivity contribution >= 4 is 21.8 Å². The first-order chi connectivity index (χ1) is 7.14. The third kappa shape index (κ3) is 5.52.